The Labute approximate surface area is 150 Å². The van der Waals surface area contributed by atoms with Crippen molar-refractivity contribution in [2.45, 2.75) is 57.6 Å². The van der Waals surface area contributed by atoms with Gasteiger partial charge in [0.05, 0.1) is 12.7 Å². The maximum atomic E-state index is 6.30. The fraction of sp³-hybridized carbons (Fsp3) is 0.800. The maximum Gasteiger partial charge on any atom is 0.0677 e. The molecule has 134 valence electrons. The third kappa shape index (κ3) is 3.87. The van der Waals surface area contributed by atoms with Crippen LogP contribution in [0.5, 0.6) is 0 Å². The first-order valence-electron chi connectivity index (χ1n) is 9.78. The lowest BCUT2D eigenvalue weighted by Gasteiger charge is -2.50. The minimum atomic E-state index is 0.229. The topological polar surface area (TPSA) is 21.7 Å². The molecule has 0 spiro atoms. The second-order valence-electron chi connectivity index (χ2n) is 8.07. The van der Waals surface area contributed by atoms with Gasteiger partial charge in [0.15, 0.2) is 0 Å². The number of ether oxygens (including phenoxy) is 2. The molecule has 2 saturated heterocycles. The van der Waals surface area contributed by atoms with Crippen LogP contribution >= 0.6 is 11.3 Å². The number of fused-ring (bicyclic) bond motifs is 1. The van der Waals surface area contributed by atoms with Crippen molar-refractivity contribution in [3.63, 3.8) is 0 Å². The van der Waals surface area contributed by atoms with Crippen LogP contribution in [0.25, 0.3) is 0 Å². The average Bonchev–Trinajstić information content (AvgIpc) is 3.28. The highest BCUT2D eigenvalue weighted by atomic mass is 32.1. The molecule has 0 radical (unpaired) electrons. The molecule has 1 aromatic rings. The Balaban J connectivity index is 1.37. The first-order valence-corrected chi connectivity index (χ1v) is 10.7. The van der Waals surface area contributed by atoms with Crippen molar-refractivity contribution in [3.8, 4) is 0 Å². The summed E-state index contributed by atoms with van der Waals surface area (Å²) in [7, 11) is 0. The Morgan fingerprint density at radius 3 is 3.00 bits per heavy atom. The van der Waals surface area contributed by atoms with E-state index in [4.69, 9.17) is 9.47 Å². The van der Waals surface area contributed by atoms with Gasteiger partial charge in [-0.3, -0.25) is 4.90 Å². The number of nitrogens with zero attached hydrogens (tertiary/aromatic N) is 1. The number of rotatable bonds is 6. The van der Waals surface area contributed by atoms with Crippen molar-refractivity contribution in [1.82, 2.24) is 4.90 Å². The van der Waals surface area contributed by atoms with Crippen molar-refractivity contribution < 1.29 is 9.47 Å². The van der Waals surface area contributed by atoms with Gasteiger partial charge < -0.3 is 9.47 Å². The van der Waals surface area contributed by atoms with Crippen molar-refractivity contribution >= 4 is 11.3 Å². The fourth-order valence-electron chi connectivity index (χ4n) is 4.96. The van der Waals surface area contributed by atoms with Crippen LogP contribution in [0.2, 0.25) is 0 Å². The fourth-order valence-corrected chi connectivity index (χ4v) is 5.70. The van der Waals surface area contributed by atoms with Crippen LogP contribution in [-0.4, -0.2) is 43.9 Å². The maximum absolute atomic E-state index is 6.30. The first-order chi connectivity index (χ1) is 11.8. The predicted octanol–water partition coefficient (Wildman–Crippen LogP) is 4.33. The molecule has 4 heteroatoms. The summed E-state index contributed by atoms with van der Waals surface area (Å²) < 4.78 is 12.5. The molecule has 0 unspecified atom stereocenters. The van der Waals surface area contributed by atoms with Gasteiger partial charge in [-0.15, -0.1) is 11.3 Å². The van der Waals surface area contributed by atoms with E-state index >= 15 is 0 Å². The second kappa shape index (κ2) is 7.86. The Hall–Kier alpha value is -0.420. The van der Waals surface area contributed by atoms with Crippen molar-refractivity contribution in [3.05, 3.63) is 22.4 Å². The van der Waals surface area contributed by atoms with Crippen LogP contribution < -0.4 is 0 Å². The summed E-state index contributed by atoms with van der Waals surface area (Å²) >= 11 is 1.88. The van der Waals surface area contributed by atoms with E-state index in [1.807, 2.05) is 11.3 Å². The molecule has 0 bridgehead atoms. The normalized spacial score (nSPS) is 32.1. The van der Waals surface area contributed by atoms with Gasteiger partial charge in [0.25, 0.3) is 0 Å². The monoisotopic (exact) mass is 349 g/mol. The highest BCUT2D eigenvalue weighted by Gasteiger charge is 2.46. The zero-order valence-corrected chi connectivity index (χ0v) is 15.6. The van der Waals surface area contributed by atoms with E-state index in [9.17, 15) is 0 Å². The SMILES string of the molecule is c1csc(CN2CC[C@H]3OCCC[C@]3(COCC3CCCC3)C2)c1. The molecule has 3 aliphatic rings. The minimum absolute atomic E-state index is 0.229. The van der Waals surface area contributed by atoms with Crippen molar-refractivity contribution in [2.75, 3.05) is 32.9 Å². The third-order valence-corrected chi connectivity index (χ3v) is 7.11. The van der Waals surface area contributed by atoms with Crippen LogP contribution in [0.15, 0.2) is 17.5 Å². The first kappa shape index (κ1) is 17.0. The van der Waals surface area contributed by atoms with E-state index in [1.165, 1.54) is 43.4 Å². The molecule has 0 aromatic carbocycles. The Morgan fingerprint density at radius 1 is 1.25 bits per heavy atom. The Morgan fingerprint density at radius 2 is 2.17 bits per heavy atom. The molecule has 2 atom stereocenters. The van der Waals surface area contributed by atoms with Crippen molar-refractivity contribution in [1.29, 1.82) is 0 Å². The molecule has 1 aliphatic carbocycles. The molecule has 0 amide bonds. The Kier molecular flexibility index (Phi) is 5.57. The van der Waals surface area contributed by atoms with Gasteiger partial charge in [-0.1, -0.05) is 18.9 Å². The van der Waals surface area contributed by atoms with Gasteiger partial charge in [0.2, 0.25) is 0 Å². The van der Waals surface area contributed by atoms with E-state index in [0.29, 0.717) is 6.10 Å². The summed E-state index contributed by atoms with van der Waals surface area (Å²) in [6.07, 6.45) is 9.58. The lowest BCUT2D eigenvalue weighted by Crippen LogP contribution is -2.56. The minimum Gasteiger partial charge on any atom is -0.380 e. The molecular weight excluding hydrogens is 318 g/mol. The molecule has 3 nitrogen and oxygen atoms in total. The molecule has 2 aliphatic heterocycles. The molecule has 0 N–H and O–H groups in total. The summed E-state index contributed by atoms with van der Waals surface area (Å²) in [4.78, 5) is 4.11. The molecule has 3 heterocycles. The largest absolute Gasteiger partial charge is 0.380 e. The lowest BCUT2D eigenvalue weighted by atomic mass is 9.73. The van der Waals surface area contributed by atoms with Crippen LogP contribution in [0.1, 0.15) is 49.8 Å². The van der Waals surface area contributed by atoms with Crippen LogP contribution in [0.4, 0.5) is 0 Å². The highest BCUT2D eigenvalue weighted by Crippen LogP contribution is 2.41. The van der Waals surface area contributed by atoms with Gasteiger partial charge in [0, 0.05) is 43.1 Å². The van der Waals surface area contributed by atoms with E-state index < -0.39 is 0 Å². The Bertz CT molecular complexity index is 500. The highest BCUT2D eigenvalue weighted by molar-refractivity contribution is 7.09. The zero-order valence-electron chi connectivity index (χ0n) is 14.8. The summed E-state index contributed by atoms with van der Waals surface area (Å²) in [6, 6.07) is 4.42. The quantitative estimate of drug-likeness (QED) is 0.763. The lowest BCUT2D eigenvalue weighted by molar-refractivity contribution is -0.155. The average molecular weight is 350 g/mol. The van der Waals surface area contributed by atoms with E-state index in [1.54, 1.807) is 0 Å². The number of thiophene rings is 1. The molecule has 1 aromatic heterocycles. The number of hydrogen-bond donors (Lipinski definition) is 0. The van der Waals surface area contributed by atoms with Crippen LogP contribution in [0, 0.1) is 11.3 Å². The van der Waals surface area contributed by atoms with Crippen LogP contribution in [0.3, 0.4) is 0 Å². The standard InChI is InChI=1S/C20H31NO2S/c1-2-6-17(5-1)14-22-16-20-9-4-11-23-19(20)8-10-21(15-20)13-18-7-3-12-24-18/h3,7,12,17,19H,1-2,4-6,8-11,13-16H2/t19-,20-/m1/s1. The molecule has 1 saturated carbocycles. The third-order valence-electron chi connectivity index (χ3n) is 6.24. The van der Waals surface area contributed by atoms with Gasteiger partial charge in [-0.25, -0.2) is 0 Å². The van der Waals surface area contributed by atoms with Gasteiger partial charge >= 0.3 is 0 Å². The second-order valence-corrected chi connectivity index (χ2v) is 9.10. The zero-order chi connectivity index (χ0) is 16.2. The molecule has 4 rings (SSSR count). The smallest absolute Gasteiger partial charge is 0.0677 e. The van der Waals surface area contributed by atoms with E-state index in [0.717, 1.165) is 51.8 Å². The van der Waals surface area contributed by atoms with Gasteiger partial charge in [-0.05, 0) is 49.5 Å². The molecule has 3 fully saturated rings. The molecule has 24 heavy (non-hydrogen) atoms. The summed E-state index contributed by atoms with van der Waals surface area (Å²) in [6.45, 7) is 6.20. The van der Waals surface area contributed by atoms with E-state index in [2.05, 4.69) is 22.4 Å². The number of likely N-dealkylation sites (tertiary alicyclic amines) is 1. The summed E-state index contributed by atoms with van der Waals surface area (Å²) in [5.74, 6) is 0.815. The van der Waals surface area contributed by atoms with Gasteiger partial charge in [0.1, 0.15) is 0 Å². The predicted molar refractivity (Wildman–Crippen MR) is 98.4 cm³/mol. The number of piperidine rings is 1. The van der Waals surface area contributed by atoms with E-state index in [-0.39, 0.29) is 5.41 Å². The summed E-state index contributed by atoms with van der Waals surface area (Å²) in [5, 5.41) is 2.19. The number of hydrogen-bond acceptors (Lipinski definition) is 4. The van der Waals surface area contributed by atoms with Crippen LogP contribution in [-0.2, 0) is 16.0 Å². The summed E-state index contributed by atoms with van der Waals surface area (Å²) in [5.41, 5.74) is 0.229. The molecular formula is C20H31NO2S. The van der Waals surface area contributed by atoms with Crippen molar-refractivity contribution in [2.24, 2.45) is 11.3 Å². The van der Waals surface area contributed by atoms with Gasteiger partial charge in [-0.2, -0.15) is 0 Å².